The van der Waals surface area contributed by atoms with Crippen LogP contribution in [0.2, 0.25) is 5.02 Å². The second-order valence-corrected chi connectivity index (χ2v) is 7.34. The predicted molar refractivity (Wildman–Crippen MR) is 75.1 cm³/mol. The second kappa shape index (κ2) is 5.90. The highest BCUT2D eigenvalue weighted by Gasteiger charge is 2.38. The van der Waals surface area contributed by atoms with Crippen LogP contribution in [-0.2, 0) is 14.8 Å². The van der Waals surface area contributed by atoms with E-state index in [2.05, 4.69) is 0 Å². The number of sulfonamides is 1. The van der Waals surface area contributed by atoms with E-state index in [1.165, 1.54) is 12.1 Å². The first-order chi connectivity index (χ1) is 9.75. The van der Waals surface area contributed by atoms with E-state index < -0.39 is 38.7 Å². The highest BCUT2D eigenvalue weighted by Crippen LogP contribution is 2.31. The Balaban J connectivity index is 2.33. The zero-order chi connectivity index (χ0) is 15.8. The zero-order valence-corrected chi connectivity index (χ0v) is 12.9. The molecule has 0 amide bonds. The van der Waals surface area contributed by atoms with Gasteiger partial charge in [-0.15, -0.1) is 0 Å². The average molecular weight is 336 g/mol. The molecule has 0 saturated carbocycles. The van der Waals surface area contributed by atoms with E-state index in [0.717, 1.165) is 10.4 Å². The molecule has 2 unspecified atom stereocenters. The molecule has 0 aromatic heterocycles. The summed E-state index contributed by atoms with van der Waals surface area (Å²) in [5, 5.41) is 8.74. The van der Waals surface area contributed by atoms with Crippen LogP contribution in [-0.4, -0.2) is 36.4 Å². The molecule has 1 saturated heterocycles. The predicted octanol–water partition coefficient (Wildman–Crippen LogP) is 2.35. The molecule has 5 nitrogen and oxygen atoms in total. The minimum atomic E-state index is -4.03. The maximum absolute atomic E-state index is 14.0. The summed E-state index contributed by atoms with van der Waals surface area (Å²) in [4.78, 5) is 10.5. The number of carboxylic acids is 1. The summed E-state index contributed by atoms with van der Waals surface area (Å²) in [6.45, 7) is 1.67. The first kappa shape index (κ1) is 16.2. The molecule has 21 heavy (non-hydrogen) atoms. The molecule has 1 fully saturated rings. The Kier molecular flexibility index (Phi) is 4.55. The number of hydrogen-bond donors (Lipinski definition) is 1. The van der Waals surface area contributed by atoms with E-state index in [1.54, 1.807) is 6.92 Å². The molecule has 8 heteroatoms. The number of carbonyl (C=O) groups is 1. The first-order valence-corrected chi connectivity index (χ1v) is 8.25. The fourth-order valence-corrected chi connectivity index (χ4v) is 4.52. The smallest absolute Gasteiger partial charge is 0.306 e. The lowest BCUT2D eigenvalue weighted by molar-refractivity contribution is -0.143. The third-order valence-corrected chi connectivity index (χ3v) is 5.99. The molecule has 1 aromatic carbocycles. The number of carboxylic acid groups (broad SMARTS) is 1. The summed E-state index contributed by atoms with van der Waals surface area (Å²) in [7, 11) is -4.03. The van der Waals surface area contributed by atoms with Crippen molar-refractivity contribution in [2.24, 2.45) is 5.92 Å². The van der Waals surface area contributed by atoms with Gasteiger partial charge in [0.25, 0.3) is 0 Å². The second-order valence-electron chi connectivity index (χ2n) is 5.08. The Morgan fingerprint density at radius 1 is 1.48 bits per heavy atom. The van der Waals surface area contributed by atoms with E-state index in [0.29, 0.717) is 0 Å². The molecule has 0 bridgehead atoms. The van der Waals surface area contributed by atoms with Crippen LogP contribution in [0, 0.1) is 11.7 Å². The van der Waals surface area contributed by atoms with Crippen molar-refractivity contribution < 1.29 is 22.7 Å². The van der Waals surface area contributed by atoms with Crippen LogP contribution >= 0.6 is 11.6 Å². The van der Waals surface area contributed by atoms with Crippen LogP contribution in [0.25, 0.3) is 0 Å². The lowest BCUT2D eigenvalue weighted by Gasteiger charge is -2.35. The van der Waals surface area contributed by atoms with Gasteiger partial charge in [0.2, 0.25) is 10.0 Å². The Bertz CT molecular complexity index is 664. The van der Waals surface area contributed by atoms with Gasteiger partial charge in [0.15, 0.2) is 5.82 Å². The quantitative estimate of drug-likeness (QED) is 0.920. The van der Waals surface area contributed by atoms with Crippen molar-refractivity contribution in [2.45, 2.75) is 30.7 Å². The molecule has 1 aliphatic heterocycles. The fraction of sp³-hybridized carbons (Fsp3) is 0.462. The third kappa shape index (κ3) is 3.04. The molecular formula is C13H15ClFNO4S. The number of aliphatic carboxylic acids is 1. The maximum Gasteiger partial charge on any atom is 0.306 e. The van der Waals surface area contributed by atoms with Crippen molar-refractivity contribution in [3.05, 3.63) is 29.0 Å². The van der Waals surface area contributed by atoms with Gasteiger partial charge in [0.1, 0.15) is 4.90 Å². The molecule has 2 atom stereocenters. The number of benzene rings is 1. The molecule has 1 heterocycles. The molecule has 1 N–H and O–H groups in total. The summed E-state index contributed by atoms with van der Waals surface area (Å²) in [5.74, 6) is -2.49. The fourth-order valence-electron chi connectivity index (χ4n) is 2.54. The molecule has 0 aliphatic carbocycles. The third-order valence-electron chi connectivity index (χ3n) is 3.67. The van der Waals surface area contributed by atoms with Gasteiger partial charge in [-0.3, -0.25) is 4.79 Å². The Morgan fingerprint density at radius 3 is 2.71 bits per heavy atom. The van der Waals surface area contributed by atoms with Crippen molar-refractivity contribution in [2.75, 3.05) is 6.54 Å². The van der Waals surface area contributed by atoms with Gasteiger partial charge >= 0.3 is 5.97 Å². The van der Waals surface area contributed by atoms with Crippen molar-refractivity contribution in [3.8, 4) is 0 Å². The Hall–Kier alpha value is -1.18. The molecule has 2 rings (SSSR count). The Morgan fingerprint density at radius 2 is 2.14 bits per heavy atom. The highest BCUT2D eigenvalue weighted by atomic mass is 35.5. The molecule has 1 aliphatic rings. The Labute approximate surface area is 127 Å². The van der Waals surface area contributed by atoms with Gasteiger partial charge in [0, 0.05) is 12.6 Å². The summed E-state index contributed by atoms with van der Waals surface area (Å²) in [6.07, 6.45) is 0.415. The van der Waals surface area contributed by atoms with Crippen LogP contribution in [0.5, 0.6) is 0 Å². The minimum absolute atomic E-state index is 0.0480. The monoisotopic (exact) mass is 335 g/mol. The van der Waals surface area contributed by atoms with Crippen LogP contribution in [0.15, 0.2) is 23.1 Å². The van der Waals surface area contributed by atoms with Gasteiger partial charge in [0.05, 0.1) is 10.9 Å². The van der Waals surface area contributed by atoms with Crippen molar-refractivity contribution in [1.29, 1.82) is 0 Å². The van der Waals surface area contributed by atoms with E-state index in [1.807, 2.05) is 0 Å². The molecule has 1 aromatic rings. The zero-order valence-electron chi connectivity index (χ0n) is 11.3. The van der Waals surface area contributed by atoms with Gasteiger partial charge < -0.3 is 5.11 Å². The van der Waals surface area contributed by atoms with Crippen molar-refractivity contribution >= 4 is 27.6 Å². The lowest BCUT2D eigenvalue weighted by atomic mass is 9.93. The summed E-state index contributed by atoms with van der Waals surface area (Å²) < 4.78 is 40.1. The largest absolute Gasteiger partial charge is 0.481 e. The average Bonchev–Trinajstić information content (AvgIpc) is 2.41. The van der Waals surface area contributed by atoms with Gasteiger partial charge in [-0.1, -0.05) is 17.7 Å². The van der Waals surface area contributed by atoms with Crippen LogP contribution in [0.1, 0.15) is 19.8 Å². The minimum Gasteiger partial charge on any atom is -0.481 e. The highest BCUT2D eigenvalue weighted by molar-refractivity contribution is 7.89. The normalized spacial score (nSPS) is 24.0. The maximum atomic E-state index is 14.0. The molecular weight excluding hydrogens is 321 g/mol. The number of rotatable bonds is 3. The lowest BCUT2D eigenvalue weighted by Crippen LogP contribution is -2.46. The SMILES string of the molecule is CC1CC(C(=O)O)CCN1S(=O)(=O)c1cccc(Cl)c1F. The number of nitrogens with zero attached hydrogens (tertiary/aromatic N) is 1. The van der Waals surface area contributed by atoms with Gasteiger partial charge in [-0.2, -0.15) is 4.31 Å². The summed E-state index contributed by atoms with van der Waals surface area (Å²) in [6, 6.07) is 3.29. The molecule has 0 radical (unpaired) electrons. The van der Waals surface area contributed by atoms with Crippen LogP contribution in [0.3, 0.4) is 0 Å². The number of halogens is 2. The van der Waals surface area contributed by atoms with Crippen LogP contribution in [0.4, 0.5) is 4.39 Å². The first-order valence-electron chi connectivity index (χ1n) is 6.43. The van der Waals surface area contributed by atoms with Crippen molar-refractivity contribution in [3.63, 3.8) is 0 Å². The van der Waals surface area contributed by atoms with Gasteiger partial charge in [-0.05, 0) is 31.9 Å². The van der Waals surface area contributed by atoms with E-state index >= 15 is 0 Å². The number of hydrogen-bond acceptors (Lipinski definition) is 3. The topological polar surface area (TPSA) is 74.7 Å². The number of piperidine rings is 1. The van der Waals surface area contributed by atoms with Gasteiger partial charge in [-0.25, -0.2) is 12.8 Å². The summed E-state index contributed by atoms with van der Waals surface area (Å²) >= 11 is 5.62. The molecule has 0 spiro atoms. The van der Waals surface area contributed by atoms with Crippen molar-refractivity contribution in [1.82, 2.24) is 4.31 Å². The standard InChI is InChI=1S/C13H15ClFNO4S/c1-8-7-9(13(17)18)5-6-16(8)21(19,20)11-4-2-3-10(14)12(11)15/h2-4,8-9H,5-7H2,1H3,(H,17,18). The van der Waals surface area contributed by atoms with E-state index in [-0.39, 0.29) is 24.4 Å². The van der Waals surface area contributed by atoms with E-state index in [4.69, 9.17) is 16.7 Å². The molecule has 116 valence electrons. The van der Waals surface area contributed by atoms with E-state index in [9.17, 15) is 17.6 Å². The summed E-state index contributed by atoms with van der Waals surface area (Å²) in [5.41, 5.74) is 0. The van der Waals surface area contributed by atoms with Crippen LogP contribution < -0.4 is 0 Å².